The summed E-state index contributed by atoms with van der Waals surface area (Å²) in [7, 11) is -0.421. The Kier molecular flexibility index (Phi) is 10.0. The van der Waals surface area contributed by atoms with Crippen LogP contribution in [0.4, 0.5) is 0 Å². The van der Waals surface area contributed by atoms with Gasteiger partial charge in [0.25, 0.3) is 0 Å². The lowest BCUT2D eigenvalue weighted by atomic mass is 10.1. The zero-order valence-corrected chi connectivity index (χ0v) is 10.8. The minimum atomic E-state index is -0.421. The molecule has 78 valence electrons. The molecule has 0 spiro atoms. The van der Waals surface area contributed by atoms with Crippen molar-refractivity contribution >= 4 is 8.80 Å². The zero-order valence-electron chi connectivity index (χ0n) is 9.68. The van der Waals surface area contributed by atoms with Gasteiger partial charge in [-0.3, -0.25) is 0 Å². The van der Waals surface area contributed by atoms with E-state index in [0.29, 0.717) is 0 Å². The van der Waals surface area contributed by atoms with E-state index in [4.69, 9.17) is 0 Å². The molecule has 0 aliphatic carbocycles. The first-order chi connectivity index (χ1) is 6.27. The largest absolute Gasteiger partial charge is 0.102 e. The van der Waals surface area contributed by atoms with Gasteiger partial charge >= 0.3 is 0 Å². The molecule has 0 bridgehead atoms. The van der Waals surface area contributed by atoms with E-state index in [1.807, 2.05) is 0 Å². The molecule has 0 atom stereocenters. The molecule has 0 aromatic rings. The molecule has 0 nitrogen and oxygen atoms in total. The van der Waals surface area contributed by atoms with Gasteiger partial charge in [0.2, 0.25) is 0 Å². The third-order valence-corrected chi connectivity index (χ3v) is 3.29. The van der Waals surface area contributed by atoms with Gasteiger partial charge in [0.1, 0.15) is 0 Å². The summed E-state index contributed by atoms with van der Waals surface area (Å²) in [4.78, 5) is 0. The highest BCUT2D eigenvalue weighted by Crippen LogP contribution is 2.07. The molecule has 1 heteroatoms. The average Bonchev–Trinajstić information content (AvgIpc) is 2.09. The van der Waals surface area contributed by atoms with Crippen LogP contribution in [0.1, 0.15) is 51.9 Å². The molecule has 0 radical (unpaired) electrons. The lowest BCUT2D eigenvalue weighted by molar-refractivity contribution is 0.611. The number of hydrogen-bond donors (Lipinski definition) is 0. The van der Waals surface area contributed by atoms with Gasteiger partial charge in [-0.1, -0.05) is 58.2 Å². The van der Waals surface area contributed by atoms with Gasteiger partial charge in [0, 0.05) is 0 Å². The van der Waals surface area contributed by atoms with Crippen LogP contribution in [0.3, 0.4) is 0 Å². The zero-order chi connectivity index (χ0) is 9.94. The maximum absolute atomic E-state index is 2.45. The van der Waals surface area contributed by atoms with Crippen molar-refractivity contribution in [2.75, 3.05) is 0 Å². The van der Waals surface area contributed by atoms with E-state index < -0.39 is 8.80 Å². The van der Waals surface area contributed by atoms with Gasteiger partial charge in [-0.25, -0.2) is 0 Å². The van der Waals surface area contributed by atoms with Crippen molar-refractivity contribution in [2.45, 2.75) is 65.0 Å². The summed E-state index contributed by atoms with van der Waals surface area (Å²) in [5, 5.41) is 0. The fourth-order valence-corrected chi connectivity index (χ4v) is 2.15. The molecule has 0 heterocycles. The van der Waals surface area contributed by atoms with Crippen molar-refractivity contribution < 1.29 is 0 Å². The van der Waals surface area contributed by atoms with Crippen LogP contribution in [0.25, 0.3) is 0 Å². The van der Waals surface area contributed by atoms with Gasteiger partial charge < -0.3 is 0 Å². The second-order valence-corrected chi connectivity index (χ2v) is 7.10. The third-order valence-electron chi connectivity index (χ3n) is 2.25. The summed E-state index contributed by atoms with van der Waals surface area (Å²) in [6, 6.07) is 0. The van der Waals surface area contributed by atoms with Crippen molar-refractivity contribution in [2.24, 2.45) is 0 Å². The maximum atomic E-state index is 2.45. The molecule has 0 saturated heterocycles. The van der Waals surface area contributed by atoms with E-state index in [9.17, 15) is 0 Å². The highest BCUT2D eigenvalue weighted by Gasteiger charge is 1.89. The minimum Gasteiger partial charge on any atom is -0.102 e. The first-order valence-corrected chi connectivity index (χ1v) is 8.91. The fourth-order valence-electron chi connectivity index (χ4n) is 1.41. The molecule has 0 aromatic heterocycles. The van der Waals surface area contributed by atoms with Crippen molar-refractivity contribution in [1.82, 2.24) is 0 Å². The SMILES string of the molecule is CCCCCCCCC=C[SiH](C)C. The molecule has 0 rings (SSSR count). The first kappa shape index (κ1) is 13.0. The number of rotatable bonds is 8. The second-order valence-electron chi connectivity index (χ2n) is 4.23. The second kappa shape index (κ2) is 10.0. The van der Waals surface area contributed by atoms with E-state index in [1.165, 1.54) is 44.9 Å². The predicted molar refractivity (Wildman–Crippen MR) is 66.0 cm³/mol. The highest BCUT2D eigenvalue weighted by molar-refractivity contribution is 6.61. The third kappa shape index (κ3) is 12.0. The number of hydrogen-bond acceptors (Lipinski definition) is 0. The van der Waals surface area contributed by atoms with Crippen molar-refractivity contribution in [3.63, 3.8) is 0 Å². The van der Waals surface area contributed by atoms with Crippen LogP contribution in [-0.4, -0.2) is 8.80 Å². The number of unbranched alkanes of at least 4 members (excludes halogenated alkanes) is 6. The lowest BCUT2D eigenvalue weighted by Gasteiger charge is -1.98. The molecule has 0 unspecified atom stereocenters. The van der Waals surface area contributed by atoms with E-state index >= 15 is 0 Å². The molecule has 13 heavy (non-hydrogen) atoms. The van der Waals surface area contributed by atoms with Crippen LogP contribution in [0.15, 0.2) is 11.8 Å². The van der Waals surface area contributed by atoms with Crippen molar-refractivity contribution in [3.05, 3.63) is 11.8 Å². The minimum absolute atomic E-state index is 0.421. The van der Waals surface area contributed by atoms with Crippen LogP contribution in [0.2, 0.25) is 13.1 Å². The Hall–Kier alpha value is -0.0431. The smallest absolute Gasteiger partial charge is 0.0549 e. The molecule has 0 aliphatic heterocycles. The van der Waals surface area contributed by atoms with E-state index in [0.717, 1.165) is 0 Å². The Bertz CT molecular complexity index is 116. The Morgan fingerprint density at radius 3 is 2.15 bits per heavy atom. The van der Waals surface area contributed by atoms with E-state index in [1.54, 1.807) is 0 Å². The molecule has 0 aliphatic rings. The molecular weight excluding hydrogens is 172 g/mol. The Balaban J connectivity index is 2.99. The standard InChI is InChI=1S/C12H26Si/c1-4-5-6-7-8-9-10-11-12-13(2)3/h11-13H,4-10H2,1-3H3. The highest BCUT2D eigenvalue weighted by atomic mass is 28.3. The van der Waals surface area contributed by atoms with Crippen molar-refractivity contribution in [3.8, 4) is 0 Å². The molecule has 0 amide bonds. The summed E-state index contributed by atoms with van der Waals surface area (Å²) in [5.41, 5.74) is 2.45. The summed E-state index contributed by atoms with van der Waals surface area (Å²) < 4.78 is 0. The summed E-state index contributed by atoms with van der Waals surface area (Å²) in [6.07, 6.45) is 12.2. The topological polar surface area (TPSA) is 0 Å². The summed E-state index contributed by atoms with van der Waals surface area (Å²) in [5.74, 6) is 0. The van der Waals surface area contributed by atoms with Crippen LogP contribution in [0, 0.1) is 0 Å². The summed E-state index contributed by atoms with van der Waals surface area (Å²) in [6.45, 7) is 7.02. The van der Waals surface area contributed by atoms with Gasteiger partial charge in [0.05, 0.1) is 8.80 Å². The molecule has 0 fully saturated rings. The first-order valence-electron chi connectivity index (χ1n) is 5.94. The molecular formula is C12H26Si. The Morgan fingerprint density at radius 1 is 0.923 bits per heavy atom. The van der Waals surface area contributed by atoms with E-state index in [2.05, 4.69) is 31.8 Å². The van der Waals surface area contributed by atoms with Crippen LogP contribution < -0.4 is 0 Å². The number of allylic oxidation sites excluding steroid dienone is 1. The lowest BCUT2D eigenvalue weighted by Crippen LogP contribution is -1.91. The van der Waals surface area contributed by atoms with Crippen LogP contribution >= 0.6 is 0 Å². The fraction of sp³-hybridized carbons (Fsp3) is 0.833. The van der Waals surface area contributed by atoms with Gasteiger partial charge in [-0.15, -0.1) is 5.70 Å². The molecule has 0 saturated carbocycles. The van der Waals surface area contributed by atoms with Crippen LogP contribution in [-0.2, 0) is 0 Å². The normalized spacial score (nSPS) is 11.7. The van der Waals surface area contributed by atoms with Crippen molar-refractivity contribution in [1.29, 1.82) is 0 Å². The monoisotopic (exact) mass is 198 g/mol. The Labute approximate surface area is 86.0 Å². The predicted octanol–water partition coefficient (Wildman–Crippen LogP) is 4.32. The van der Waals surface area contributed by atoms with Gasteiger partial charge in [-0.05, 0) is 12.8 Å². The quantitative estimate of drug-likeness (QED) is 0.402. The maximum Gasteiger partial charge on any atom is 0.0549 e. The Morgan fingerprint density at radius 2 is 1.54 bits per heavy atom. The molecule has 0 N–H and O–H groups in total. The van der Waals surface area contributed by atoms with Crippen LogP contribution in [0.5, 0.6) is 0 Å². The van der Waals surface area contributed by atoms with Gasteiger partial charge in [0.15, 0.2) is 0 Å². The van der Waals surface area contributed by atoms with E-state index in [-0.39, 0.29) is 0 Å². The molecule has 0 aromatic carbocycles. The average molecular weight is 198 g/mol. The summed E-state index contributed by atoms with van der Waals surface area (Å²) >= 11 is 0. The van der Waals surface area contributed by atoms with Gasteiger partial charge in [-0.2, -0.15) is 0 Å².